The third-order valence-electron chi connectivity index (χ3n) is 4.16. The molecule has 4 rings (SSSR count). The van der Waals surface area contributed by atoms with Crippen molar-refractivity contribution in [1.82, 2.24) is 23.9 Å². The molecule has 0 aromatic carbocycles. The number of hydrogen-bond acceptors (Lipinski definition) is 6. The van der Waals surface area contributed by atoms with Gasteiger partial charge in [0.15, 0.2) is 11.5 Å². The predicted molar refractivity (Wildman–Crippen MR) is 89.7 cm³/mol. The number of pyridine rings is 1. The van der Waals surface area contributed by atoms with Gasteiger partial charge in [0, 0.05) is 31.6 Å². The SMILES string of the molecule is [2H]C1([2H])CC(c2cn3ncnc3cc2C)CC([2H])([2H])N1S(=O)(=O)c1cnc(C)o1. The largest absolute Gasteiger partial charge is 0.428 e. The van der Waals surface area contributed by atoms with Crippen molar-refractivity contribution >= 4 is 15.7 Å². The van der Waals surface area contributed by atoms with Gasteiger partial charge in [-0.15, -0.1) is 0 Å². The van der Waals surface area contributed by atoms with Crippen LogP contribution >= 0.6 is 0 Å². The summed E-state index contributed by atoms with van der Waals surface area (Å²) in [6.45, 7) is -1.70. The molecule has 0 saturated carbocycles. The third kappa shape index (κ3) is 2.83. The highest BCUT2D eigenvalue weighted by atomic mass is 32.2. The van der Waals surface area contributed by atoms with Crippen molar-refractivity contribution in [3.05, 3.63) is 41.8 Å². The molecule has 9 heteroatoms. The first-order chi connectivity index (χ1) is 13.4. The van der Waals surface area contributed by atoms with Gasteiger partial charge in [0.2, 0.25) is 0 Å². The highest BCUT2D eigenvalue weighted by Crippen LogP contribution is 2.32. The van der Waals surface area contributed by atoms with Gasteiger partial charge in [-0.1, -0.05) is 0 Å². The lowest BCUT2D eigenvalue weighted by Gasteiger charge is -2.31. The number of fused-ring (bicyclic) bond motifs is 1. The van der Waals surface area contributed by atoms with Gasteiger partial charge < -0.3 is 4.42 Å². The second-order valence-electron chi connectivity index (χ2n) is 5.86. The molecule has 0 amide bonds. The molecule has 8 nitrogen and oxygen atoms in total. The molecule has 0 bridgehead atoms. The molecule has 0 spiro atoms. The number of sulfonamides is 1. The van der Waals surface area contributed by atoms with Crippen LogP contribution in [0.25, 0.3) is 5.65 Å². The van der Waals surface area contributed by atoms with Gasteiger partial charge in [0.05, 0.1) is 6.20 Å². The first-order valence-corrected chi connectivity index (χ1v) is 9.14. The molecule has 3 aromatic heterocycles. The first-order valence-electron chi connectivity index (χ1n) is 9.70. The highest BCUT2D eigenvalue weighted by Gasteiger charge is 2.32. The van der Waals surface area contributed by atoms with E-state index in [1.165, 1.54) is 17.8 Å². The minimum atomic E-state index is -4.57. The van der Waals surface area contributed by atoms with Crippen molar-refractivity contribution in [2.24, 2.45) is 0 Å². The van der Waals surface area contributed by atoms with Crippen LogP contribution in [0.5, 0.6) is 0 Å². The Morgan fingerprint density at radius 3 is 2.72 bits per heavy atom. The predicted octanol–water partition coefficient (Wildman–Crippen LogP) is 1.90. The van der Waals surface area contributed by atoms with E-state index < -0.39 is 34.0 Å². The van der Waals surface area contributed by atoms with Gasteiger partial charge in [-0.3, -0.25) is 0 Å². The number of oxazole rings is 1. The van der Waals surface area contributed by atoms with Crippen LogP contribution < -0.4 is 0 Å². The minimum Gasteiger partial charge on any atom is -0.428 e. The zero-order valence-corrected chi connectivity index (χ0v) is 14.5. The fourth-order valence-corrected chi connectivity index (χ4v) is 3.94. The van der Waals surface area contributed by atoms with Crippen molar-refractivity contribution in [2.45, 2.75) is 37.7 Å². The maximum Gasteiger partial charge on any atom is 0.278 e. The summed E-state index contributed by atoms with van der Waals surface area (Å²) in [5.41, 5.74) is 2.13. The molecule has 0 N–H and O–H groups in total. The zero-order chi connectivity index (χ0) is 21.2. The summed E-state index contributed by atoms with van der Waals surface area (Å²) in [7, 11) is -4.57. The molecule has 0 aliphatic carbocycles. The third-order valence-corrected chi connectivity index (χ3v) is 5.60. The lowest BCUT2D eigenvalue weighted by atomic mass is 9.89. The van der Waals surface area contributed by atoms with Crippen LogP contribution in [0.2, 0.25) is 0 Å². The van der Waals surface area contributed by atoms with Gasteiger partial charge in [-0.2, -0.15) is 9.40 Å². The topological polar surface area (TPSA) is 93.6 Å². The van der Waals surface area contributed by atoms with Gasteiger partial charge in [-0.05, 0) is 42.9 Å². The van der Waals surface area contributed by atoms with Crippen LogP contribution in [0, 0.1) is 13.8 Å². The smallest absolute Gasteiger partial charge is 0.278 e. The molecular weight excluding hydrogens is 342 g/mol. The maximum atomic E-state index is 13.0. The van der Waals surface area contributed by atoms with E-state index in [9.17, 15) is 8.42 Å². The summed E-state index contributed by atoms with van der Waals surface area (Å²) >= 11 is 0. The van der Waals surface area contributed by atoms with E-state index in [-0.39, 0.29) is 23.0 Å². The molecule has 1 fully saturated rings. The van der Waals surface area contributed by atoms with Crippen molar-refractivity contribution in [3.8, 4) is 0 Å². The van der Waals surface area contributed by atoms with Crippen LogP contribution in [0.15, 0.2) is 34.3 Å². The molecule has 1 aliphatic rings. The lowest BCUT2D eigenvalue weighted by molar-refractivity contribution is 0.307. The van der Waals surface area contributed by atoms with Crippen LogP contribution in [0.4, 0.5) is 0 Å². The summed E-state index contributed by atoms with van der Waals surface area (Å²) in [5, 5.41) is 3.49. The monoisotopic (exact) mass is 365 g/mol. The molecule has 0 radical (unpaired) electrons. The second-order valence-corrected chi connectivity index (χ2v) is 7.58. The average molecular weight is 365 g/mol. The van der Waals surface area contributed by atoms with Crippen molar-refractivity contribution in [3.63, 3.8) is 0 Å². The molecular formula is C16H19N5O3S. The minimum absolute atomic E-state index is 0.0938. The van der Waals surface area contributed by atoms with Crippen LogP contribution in [-0.2, 0) is 10.0 Å². The summed E-state index contributed by atoms with van der Waals surface area (Å²) in [4.78, 5) is 7.84. The molecule has 0 unspecified atom stereocenters. The maximum absolute atomic E-state index is 13.0. The Kier molecular flexibility index (Phi) is 2.88. The summed E-state index contributed by atoms with van der Waals surface area (Å²) in [6.07, 6.45) is 3.61. The van der Waals surface area contributed by atoms with Crippen LogP contribution in [0.3, 0.4) is 0 Å². The Hall–Kier alpha value is -2.26. The van der Waals surface area contributed by atoms with Crippen LogP contribution in [-0.4, -0.2) is 45.3 Å². The van der Waals surface area contributed by atoms with E-state index >= 15 is 0 Å². The van der Waals surface area contributed by atoms with E-state index in [2.05, 4.69) is 15.1 Å². The summed E-state index contributed by atoms with van der Waals surface area (Å²) in [6, 6.07) is 1.79. The fraction of sp³-hybridized carbons (Fsp3) is 0.438. The zero-order valence-electron chi connectivity index (χ0n) is 17.7. The van der Waals surface area contributed by atoms with E-state index in [1.54, 1.807) is 12.3 Å². The first kappa shape index (κ1) is 12.2. The number of rotatable bonds is 3. The normalized spacial score (nSPS) is 23.8. The molecule has 1 aliphatic heterocycles. The van der Waals surface area contributed by atoms with Crippen LogP contribution in [0.1, 0.15) is 41.3 Å². The van der Waals surface area contributed by atoms with E-state index in [4.69, 9.17) is 9.90 Å². The number of aromatic nitrogens is 4. The molecule has 0 atom stereocenters. The molecule has 25 heavy (non-hydrogen) atoms. The Bertz CT molecular complexity index is 1170. The van der Waals surface area contributed by atoms with E-state index in [0.29, 0.717) is 11.2 Å². The molecule has 3 aromatic rings. The van der Waals surface area contributed by atoms with Gasteiger partial charge in [-0.25, -0.2) is 22.9 Å². The van der Waals surface area contributed by atoms with E-state index in [0.717, 1.165) is 11.8 Å². The Morgan fingerprint density at radius 2 is 2.04 bits per heavy atom. The lowest BCUT2D eigenvalue weighted by Crippen LogP contribution is -2.37. The Labute approximate surface area is 151 Å². The number of nitrogens with zero attached hydrogens (tertiary/aromatic N) is 5. The number of piperidine rings is 1. The van der Waals surface area contributed by atoms with Gasteiger partial charge in [0.1, 0.15) is 6.33 Å². The van der Waals surface area contributed by atoms with Crippen molar-refractivity contribution in [2.75, 3.05) is 13.0 Å². The van der Waals surface area contributed by atoms with Crippen molar-refractivity contribution < 1.29 is 18.3 Å². The standard InChI is InChI=1S/C16H19N5O3S/c1-11-7-15-18-10-19-21(15)9-14(11)13-3-5-20(6-4-13)25(22,23)16-8-17-12(2)24-16/h7-10,13H,3-6H2,1-2H3/i5D2,6D2. The fourth-order valence-electron chi connectivity index (χ4n) is 2.85. The molecule has 1 saturated heterocycles. The summed E-state index contributed by atoms with van der Waals surface area (Å²) in [5.74, 6) is -0.465. The summed E-state index contributed by atoms with van der Waals surface area (Å²) < 4.78 is 66.5. The molecule has 4 heterocycles. The Morgan fingerprint density at radius 1 is 1.28 bits per heavy atom. The van der Waals surface area contributed by atoms with E-state index in [1.807, 2.05) is 6.92 Å². The van der Waals surface area contributed by atoms with Gasteiger partial charge in [0.25, 0.3) is 15.1 Å². The number of aryl methyl sites for hydroxylation is 2. The van der Waals surface area contributed by atoms with Crippen molar-refractivity contribution in [1.29, 1.82) is 0 Å². The second kappa shape index (κ2) is 5.92. The van der Waals surface area contributed by atoms with Gasteiger partial charge >= 0.3 is 0 Å². The highest BCUT2D eigenvalue weighted by molar-refractivity contribution is 7.89. The Balaban J connectivity index is 1.76. The quantitative estimate of drug-likeness (QED) is 0.704. The average Bonchev–Trinajstić information content (AvgIpc) is 3.19. The number of hydrogen-bond donors (Lipinski definition) is 0. The molecule has 132 valence electrons.